The summed E-state index contributed by atoms with van der Waals surface area (Å²) in [5.74, 6) is 0. The van der Waals surface area contributed by atoms with E-state index in [4.69, 9.17) is 4.42 Å². The number of hydrogen-bond acceptors (Lipinski definition) is 2. The van der Waals surface area contributed by atoms with Gasteiger partial charge in [0, 0.05) is 33.2 Å². The number of fused-ring (bicyclic) bond motifs is 6. The second-order valence-corrected chi connectivity index (χ2v) is 13.0. The van der Waals surface area contributed by atoms with Gasteiger partial charge in [-0.1, -0.05) is 129 Å². The zero-order valence-electron chi connectivity index (χ0n) is 26.4. The molecule has 0 bridgehead atoms. The van der Waals surface area contributed by atoms with Crippen molar-refractivity contribution >= 4 is 39.0 Å². The average Bonchev–Trinajstić information content (AvgIpc) is 3.62. The van der Waals surface area contributed by atoms with Gasteiger partial charge in [-0.25, -0.2) is 0 Å². The van der Waals surface area contributed by atoms with Gasteiger partial charge in [0.1, 0.15) is 11.2 Å². The van der Waals surface area contributed by atoms with Gasteiger partial charge in [-0.15, -0.1) is 0 Å². The molecule has 1 aliphatic rings. The first-order valence-electron chi connectivity index (χ1n) is 16.3. The summed E-state index contributed by atoms with van der Waals surface area (Å²) < 4.78 is 6.21. The van der Waals surface area contributed by atoms with Crippen molar-refractivity contribution in [2.75, 3.05) is 4.90 Å². The van der Waals surface area contributed by atoms with Crippen LogP contribution in [0.4, 0.5) is 17.1 Å². The number of rotatable bonds is 5. The Bertz CT molecular complexity index is 2430. The molecule has 8 aromatic rings. The first kappa shape index (κ1) is 27.5. The third-order valence-corrected chi connectivity index (χ3v) is 9.88. The quantitative estimate of drug-likeness (QED) is 0.195. The van der Waals surface area contributed by atoms with Crippen LogP contribution in [0.25, 0.3) is 55.3 Å². The minimum Gasteiger partial charge on any atom is -0.456 e. The molecule has 0 N–H and O–H groups in total. The van der Waals surface area contributed by atoms with E-state index >= 15 is 0 Å². The Kier molecular flexibility index (Phi) is 6.20. The molecule has 0 aliphatic heterocycles. The lowest BCUT2D eigenvalue weighted by Crippen LogP contribution is -2.16. The van der Waals surface area contributed by atoms with Gasteiger partial charge < -0.3 is 9.32 Å². The third kappa shape index (κ3) is 4.40. The van der Waals surface area contributed by atoms with Crippen LogP contribution in [-0.4, -0.2) is 0 Å². The molecule has 0 saturated carbocycles. The van der Waals surface area contributed by atoms with Crippen LogP contribution in [0.2, 0.25) is 0 Å². The zero-order chi connectivity index (χ0) is 31.5. The van der Waals surface area contributed by atoms with E-state index in [9.17, 15) is 0 Å². The maximum atomic E-state index is 6.21. The maximum absolute atomic E-state index is 6.21. The molecule has 1 aromatic heterocycles. The van der Waals surface area contributed by atoms with Gasteiger partial charge >= 0.3 is 0 Å². The topological polar surface area (TPSA) is 16.4 Å². The van der Waals surface area contributed by atoms with Gasteiger partial charge in [-0.3, -0.25) is 0 Å². The Labute approximate surface area is 275 Å². The molecule has 0 unspecified atom stereocenters. The van der Waals surface area contributed by atoms with Crippen molar-refractivity contribution in [1.29, 1.82) is 0 Å². The standard InChI is InChI=1S/C45H33NO/c1-45(2)40-19-8-6-16-37(40)38-27-26-35(29-41(38)45)46(34-15-10-14-32(28-34)30-12-4-3-5-13-30)33-24-22-31(23-25-33)36-18-11-21-43-44(36)39-17-7-9-20-42(39)47-43/h3-29H,1-2H3. The second-order valence-electron chi connectivity index (χ2n) is 13.0. The molecule has 0 fully saturated rings. The molecule has 2 heteroatoms. The average molecular weight is 604 g/mol. The lowest BCUT2D eigenvalue weighted by Gasteiger charge is -2.28. The van der Waals surface area contributed by atoms with Crippen LogP contribution in [0, 0.1) is 0 Å². The Morgan fingerprint density at radius 3 is 1.94 bits per heavy atom. The molecular formula is C45H33NO. The van der Waals surface area contributed by atoms with Crippen molar-refractivity contribution in [1.82, 2.24) is 0 Å². The van der Waals surface area contributed by atoms with Crippen molar-refractivity contribution in [2.24, 2.45) is 0 Å². The van der Waals surface area contributed by atoms with Crippen LogP contribution < -0.4 is 4.90 Å². The van der Waals surface area contributed by atoms with Gasteiger partial charge in [0.25, 0.3) is 0 Å². The molecule has 9 rings (SSSR count). The fourth-order valence-electron chi connectivity index (χ4n) is 7.54. The van der Waals surface area contributed by atoms with Crippen LogP contribution in [0.3, 0.4) is 0 Å². The van der Waals surface area contributed by atoms with Crippen molar-refractivity contribution in [2.45, 2.75) is 19.3 Å². The second kappa shape index (κ2) is 10.6. The van der Waals surface area contributed by atoms with E-state index in [2.05, 4.69) is 170 Å². The third-order valence-electron chi connectivity index (χ3n) is 9.88. The van der Waals surface area contributed by atoms with Gasteiger partial charge in [0.15, 0.2) is 0 Å². The SMILES string of the molecule is CC1(C)c2ccccc2-c2ccc(N(c3ccc(-c4cccc5oc6ccccc6c45)cc3)c3cccc(-c4ccccc4)c3)cc21. The Morgan fingerprint density at radius 2 is 1.06 bits per heavy atom. The number of hydrogen-bond donors (Lipinski definition) is 0. The fourth-order valence-corrected chi connectivity index (χ4v) is 7.54. The van der Waals surface area contributed by atoms with E-state index in [0.717, 1.165) is 44.6 Å². The molecule has 0 saturated heterocycles. The molecular weight excluding hydrogens is 571 g/mol. The summed E-state index contributed by atoms with van der Waals surface area (Å²) in [5, 5.41) is 2.30. The fraction of sp³-hybridized carbons (Fsp3) is 0.0667. The summed E-state index contributed by atoms with van der Waals surface area (Å²) in [4.78, 5) is 2.39. The Morgan fingerprint density at radius 1 is 0.426 bits per heavy atom. The Balaban J connectivity index is 1.19. The molecule has 0 radical (unpaired) electrons. The zero-order valence-corrected chi connectivity index (χ0v) is 26.4. The highest BCUT2D eigenvalue weighted by Gasteiger charge is 2.35. The van der Waals surface area contributed by atoms with Gasteiger partial charge in [-0.2, -0.15) is 0 Å². The maximum Gasteiger partial charge on any atom is 0.136 e. The molecule has 0 atom stereocenters. The largest absolute Gasteiger partial charge is 0.456 e. The summed E-state index contributed by atoms with van der Waals surface area (Å²) in [5.41, 5.74) is 15.2. The molecule has 7 aromatic carbocycles. The minimum absolute atomic E-state index is 0.0879. The summed E-state index contributed by atoms with van der Waals surface area (Å²) in [7, 11) is 0. The van der Waals surface area contributed by atoms with Gasteiger partial charge in [0.05, 0.1) is 0 Å². The number of nitrogens with zero attached hydrogens (tertiary/aromatic N) is 1. The normalized spacial score (nSPS) is 13.1. The van der Waals surface area contributed by atoms with Crippen LogP contribution in [-0.2, 0) is 5.41 Å². The summed E-state index contributed by atoms with van der Waals surface area (Å²) in [6.07, 6.45) is 0. The van der Waals surface area contributed by atoms with Crippen molar-refractivity contribution in [3.05, 3.63) is 175 Å². The highest BCUT2D eigenvalue weighted by molar-refractivity contribution is 6.12. The molecule has 0 amide bonds. The van der Waals surface area contributed by atoms with E-state index in [0.29, 0.717) is 0 Å². The van der Waals surface area contributed by atoms with E-state index in [-0.39, 0.29) is 5.41 Å². The van der Waals surface area contributed by atoms with Crippen molar-refractivity contribution < 1.29 is 4.42 Å². The number of benzene rings is 7. The number of anilines is 3. The lowest BCUT2D eigenvalue weighted by atomic mass is 9.82. The number of furan rings is 1. The van der Waals surface area contributed by atoms with Crippen LogP contribution >= 0.6 is 0 Å². The van der Waals surface area contributed by atoms with E-state index in [1.807, 2.05) is 12.1 Å². The van der Waals surface area contributed by atoms with Gasteiger partial charge in [0.2, 0.25) is 0 Å². The van der Waals surface area contributed by atoms with Crippen LogP contribution in [0.5, 0.6) is 0 Å². The highest BCUT2D eigenvalue weighted by atomic mass is 16.3. The predicted octanol–water partition coefficient (Wildman–Crippen LogP) is 12.7. The molecule has 47 heavy (non-hydrogen) atoms. The van der Waals surface area contributed by atoms with Crippen LogP contribution in [0.15, 0.2) is 168 Å². The lowest BCUT2D eigenvalue weighted by molar-refractivity contribution is 0.660. The van der Waals surface area contributed by atoms with Crippen LogP contribution in [0.1, 0.15) is 25.0 Å². The first-order chi connectivity index (χ1) is 23.1. The first-order valence-corrected chi connectivity index (χ1v) is 16.3. The van der Waals surface area contributed by atoms with Gasteiger partial charge in [-0.05, 0) is 93.0 Å². The molecule has 1 heterocycles. The highest BCUT2D eigenvalue weighted by Crippen LogP contribution is 2.51. The summed E-state index contributed by atoms with van der Waals surface area (Å²) in [6.45, 7) is 4.69. The molecule has 0 spiro atoms. The smallest absolute Gasteiger partial charge is 0.136 e. The summed E-state index contributed by atoms with van der Waals surface area (Å²) >= 11 is 0. The summed E-state index contributed by atoms with van der Waals surface area (Å²) in [6, 6.07) is 58.9. The van der Waals surface area contributed by atoms with Crippen molar-refractivity contribution in [3.8, 4) is 33.4 Å². The van der Waals surface area contributed by atoms with E-state index < -0.39 is 0 Å². The Hall–Kier alpha value is -5.86. The number of para-hydroxylation sites is 1. The van der Waals surface area contributed by atoms with Crippen molar-refractivity contribution in [3.63, 3.8) is 0 Å². The predicted molar refractivity (Wildman–Crippen MR) is 197 cm³/mol. The van der Waals surface area contributed by atoms with E-state index in [1.54, 1.807) is 0 Å². The monoisotopic (exact) mass is 603 g/mol. The molecule has 224 valence electrons. The molecule has 2 nitrogen and oxygen atoms in total. The van der Waals surface area contributed by atoms with E-state index in [1.165, 1.54) is 38.9 Å². The molecule has 1 aliphatic carbocycles. The minimum atomic E-state index is -0.0879.